The Labute approximate surface area is 163 Å². The second kappa shape index (κ2) is 6.99. The van der Waals surface area contributed by atoms with Crippen LogP contribution in [-0.4, -0.2) is 38.0 Å². The van der Waals surface area contributed by atoms with E-state index in [1.54, 1.807) is 27.4 Å². The van der Waals surface area contributed by atoms with E-state index in [-0.39, 0.29) is 5.75 Å². The number of anilines is 2. The summed E-state index contributed by atoms with van der Waals surface area (Å²) in [4.78, 5) is 6.95. The number of ether oxygens (including phenoxy) is 3. The second-order valence-electron chi connectivity index (χ2n) is 6.76. The average molecular weight is 381 g/mol. The van der Waals surface area contributed by atoms with Crippen LogP contribution < -0.4 is 24.8 Å². The van der Waals surface area contributed by atoms with E-state index in [0.717, 1.165) is 35.2 Å². The molecule has 146 valence electrons. The summed E-state index contributed by atoms with van der Waals surface area (Å²) in [5.74, 6) is 2.66. The number of aromatic hydroxyl groups is 1. The first kappa shape index (κ1) is 18.0. The van der Waals surface area contributed by atoms with Crippen LogP contribution in [0.3, 0.4) is 0 Å². The lowest BCUT2D eigenvalue weighted by Crippen LogP contribution is -2.31. The molecule has 2 heterocycles. The van der Waals surface area contributed by atoms with Crippen LogP contribution in [0.5, 0.6) is 23.0 Å². The quantitative estimate of drug-likeness (QED) is 0.718. The smallest absolute Gasteiger partial charge is 0.162 e. The number of hydrogen-bond acceptors (Lipinski definition) is 7. The van der Waals surface area contributed by atoms with Gasteiger partial charge < -0.3 is 30.0 Å². The molecule has 0 atom stereocenters. The fourth-order valence-electron chi connectivity index (χ4n) is 3.66. The van der Waals surface area contributed by atoms with Crippen molar-refractivity contribution in [2.75, 3.05) is 38.5 Å². The van der Waals surface area contributed by atoms with Crippen molar-refractivity contribution in [3.63, 3.8) is 0 Å². The zero-order valence-electron chi connectivity index (χ0n) is 16.2. The normalized spacial score (nSPS) is 13.3. The average Bonchev–Trinajstić information content (AvgIpc) is 2.71. The van der Waals surface area contributed by atoms with Gasteiger partial charge in [0.05, 0.1) is 26.8 Å². The summed E-state index contributed by atoms with van der Waals surface area (Å²) in [5, 5.41) is 10.9. The van der Waals surface area contributed by atoms with Gasteiger partial charge in [0.25, 0.3) is 0 Å². The third-order valence-electron chi connectivity index (χ3n) is 5.17. The Kier molecular flexibility index (Phi) is 4.50. The Bertz CT molecular complexity index is 1050. The lowest BCUT2D eigenvalue weighted by Gasteiger charge is -2.30. The first-order valence-electron chi connectivity index (χ1n) is 9.00. The molecule has 4 rings (SSSR count). The molecule has 0 bridgehead atoms. The largest absolute Gasteiger partial charge is 0.504 e. The predicted molar refractivity (Wildman–Crippen MR) is 109 cm³/mol. The number of hydrogen-bond donors (Lipinski definition) is 2. The number of methoxy groups -OCH3 is 3. The molecule has 3 N–H and O–H groups in total. The molecule has 28 heavy (non-hydrogen) atoms. The molecule has 2 aromatic carbocycles. The standard InChI is InChI=1S/C21H23N3O4/c1-26-18-7-12-4-5-24(11-13(12)6-17(18)25)21-9-15(22)14-8-19(27-2)20(28-3)10-16(14)23-21/h6-10,25H,4-5,11H2,1-3H3,(H2,22,23). The minimum absolute atomic E-state index is 0.144. The number of rotatable bonds is 4. The van der Waals surface area contributed by atoms with E-state index in [9.17, 15) is 5.11 Å². The van der Waals surface area contributed by atoms with E-state index in [2.05, 4.69) is 4.90 Å². The number of nitrogen functional groups attached to an aromatic ring is 1. The molecule has 0 amide bonds. The van der Waals surface area contributed by atoms with Gasteiger partial charge in [-0.25, -0.2) is 4.98 Å². The summed E-state index contributed by atoms with van der Waals surface area (Å²) in [6, 6.07) is 9.22. The summed E-state index contributed by atoms with van der Waals surface area (Å²) in [6.07, 6.45) is 0.831. The Hall–Kier alpha value is -3.35. The number of nitrogens with zero attached hydrogens (tertiary/aromatic N) is 2. The van der Waals surface area contributed by atoms with Gasteiger partial charge in [-0.15, -0.1) is 0 Å². The fraction of sp³-hybridized carbons (Fsp3) is 0.286. The van der Waals surface area contributed by atoms with E-state index in [1.807, 2.05) is 24.3 Å². The summed E-state index contributed by atoms with van der Waals surface area (Å²) in [7, 11) is 4.75. The van der Waals surface area contributed by atoms with E-state index in [0.29, 0.717) is 29.5 Å². The summed E-state index contributed by atoms with van der Waals surface area (Å²) < 4.78 is 16.0. The number of aromatic nitrogens is 1. The lowest BCUT2D eigenvalue weighted by molar-refractivity contribution is 0.356. The van der Waals surface area contributed by atoms with Crippen molar-refractivity contribution >= 4 is 22.4 Å². The van der Waals surface area contributed by atoms with Gasteiger partial charge in [-0.1, -0.05) is 0 Å². The topological polar surface area (TPSA) is 90.1 Å². The highest BCUT2D eigenvalue weighted by atomic mass is 16.5. The van der Waals surface area contributed by atoms with Crippen LogP contribution in [0.4, 0.5) is 11.5 Å². The minimum Gasteiger partial charge on any atom is -0.504 e. The molecule has 0 saturated carbocycles. The molecule has 0 spiro atoms. The molecular formula is C21H23N3O4. The van der Waals surface area contributed by atoms with Crippen LogP contribution >= 0.6 is 0 Å². The predicted octanol–water partition coefficient (Wildman–Crippen LogP) is 3.11. The molecule has 1 aliphatic heterocycles. The third-order valence-corrected chi connectivity index (χ3v) is 5.17. The van der Waals surface area contributed by atoms with Crippen molar-refractivity contribution in [3.05, 3.63) is 41.5 Å². The van der Waals surface area contributed by atoms with E-state index in [1.165, 1.54) is 5.56 Å². The number of fused-ring (bicyclic) bond motifs is 2. The lowest BCUT2D eigenvalue weighted by atomic mass is 9.98. The first-order valence-corrected chi connectivity index (χ1v) is 9.00. The number of pyridine rings is 1. The third kappa shape index (κ3) is 2.98. The maximum atomic E-state index is 10.1. The summed E-state index contributed by atoms with van der Waals surface area (Å²) in [5.41, 5.74) is 9.92. The molecule has 1 aliphatic rings. The maximum Gasteiger partial charge on any atom is 0.162 e. The van der Waals surface area contributed by atoms with Crippen molar-refractivity contribution in [3.8, 4) is 23.0 Å². The Balaban J connectivity index is 1.72. The second-order valence-corrected chi connectivity index (χ2v) is 6.76. The van der Waals surface area contributed by atoms with E-state index < -0.39 is 0 Å². The SMILES string of the molecule is COc1cc2c(cc1O)CN(c1cc(N)c3cc(OC)c(OC)cc3n1)CC2. The molecule has 3 aromatic rings. The molecule has 7 heteroatoms. The summed E-state index contributed by atoms with van der Waals surface area (Å²) >= 11 is 0. The van der Waals surface area contributed by atoms with Gasteiger partial charge in [0.1, 0.15) is 5.82 Å². The number of nitrogens with two attached hydrogens (primary N) is 1. The Morgan fingerprint density at radius 3 is 2.36 bits per heavy atom. The first-order chi connectivity index (χ1) is 13.5. The van der Waals surface area contributed by atoms with Gasteiger partial charge in [0.2, 0.25) is 0 Å². The zero-order chi connectivity index (χ0) is 19.8. The van der Waals surface area contributed by atoms with Crippen molar-refractivity contribution < 1.29 is 19.3 Å². The van der Waals surface area contributed by atoms with Crippen LogP contribution in [0, 0.1) is 0 Å². The highest BCUT2D eigenvalue weighted by Crippen LogP contribution is 2.37. The highest BCUT2D eigenvalue weighted by molar-refractivity contribution is 5.94. The van der Waals surface area contributed by atoms with Gasteiger partial charge in [-0.05, 0) is 35.7 Å². The van der Waals surface area contributed by atoms with Crippen molar-refractivity contribution in [2.24, 2.45) is 0 Å². The van der Waals surface area contributed by atoms with Crippen molar-refractivity contribution in [1.29, 1.82) is 0 Å². The maximum absolute atomic E-state index is 10.1. The monoisotopic (exact) mass is 381 g/mol. The molecular weight excluding hydrogens is 358 g/mol. The van der Waals surface area contributed by atoms with Crippen LogP contribution in [0.25, 0.3) is 10.9 Å². The minimum atomic E-state index is 0.144. The molecule has 0 fully saturated rings. The van der Waals surface area contributed by atoms with Gasteiger partial charge in [0.15, 0.2) is 23.0 Å². The van der Waals surface area contributed by atoms with Crippen molar-refractivity contribution in [1.82, 2.24) is 4.98 Å². The van der Waals surface area contributed by atoms with Crippen molar-refractivity contribution in [2.45, 2.75) is 13.0 Å². The Morgan fingerprint density at radius 2 is 1.64 bits per heavy atom. The van der Waals surface area contributed by atoms with Gasteiger partial charge in [-0.2, -0.15) is 0 Å². The molecule has 0 unspecified atom stereocenters. The zero-order valence-corrected chi connectivity index (χ0v) is 16.2. The fourth-order valence-corrected chi connectivity index (χ4v) is 3.66. The molecule has 7 nitrogen and oxygen atoms in total. The molecule has 1 aromatic heterocycles. The number of phenols is 1. The summed E-state index contributed by atoms with van der Waals surface area (Å²) in [6.45, 7) is 1.43. The van der Waals surface area contributed by atoms with Gasteiger partial charge >= 0.3 is 0 Å². The van der Waals surface area contributed by atoms with Crippen LogP contribution in [-0.2, 0) is 13.0 Å². The van der Waals surface area contributed by atoms with Gasteiger partial charge in [0, 0.05) is 36.3 Å². The molecule has 0 saturated heterocycles. The number of phenolic OH excluding ortho intramolecular Hbond substituents is 1. The Morgan fingerprint density at radius 1 is 0.929 bits per heavy atom. The van der Waals surface area contributed by atoms with Crippen LogP contribution in [0.15, 0.2) is 30.3 Å². The van der Waals surface area contributed by atoms with Gasteiger partial charge in [-0.3, -0.25) is 0 Å². The van der Waals surface area contributed by atoms with Crippen LogP contribution in [0.2, 0.25) is 0 Å². The van der Waals surface area contributed by atoms with E-state index >= 15 is 0 Å². The van der Waals surface area contributed by atoms with E-state index in [4.69, 9.17) is 24.9 Å². The van der Waals surface area contributed by atoms with Crippen LogP contribution in [0.1, 0.15) is 11.1 Å². The highest BCUT2D eigenvalue weighted by Gasteiger charge is 2.21. The molecule has 0 radical (unpaired) electrons. The molecule has 0 aliphatic carbocycles. The number of benzene rings is 2.